The number of carboxylic acids is 2. The molecule has 0 fully saturated rings. The normalized spacial score (nSPS) is 14.0. The fourth-order valence-corrected chi connectivity index (χ4v) is 3.13. The van der Waals surface area contributed by atoms with Gasteiger partial charge in [0, 0.05) is 18.6 Å². The van der Waals surface area contributed by atoms with Crippen LogP contribution in [-0.2, 0) is 35.2 Å². The molecule has 35 heavy (non-hydrogen) atoms. The van der Waals surface area contributed by atoms with Gasteiger partial charge in [0.25, 0.3) is 0 Å². The van der Waals surface area contributed by atoms with Crippen LogP contribution in [0, 0.1) is 0 Å². The topological polar surface area (TPSA) is 231 Å². The highest BCUT2D eigenvalue weighted by atomic mass is 32.1. The van der Waals surface area contributed by atoms with Crippen molar-refractivity contribution < 1.29 is 39.0 Å². The summed E-state index contributed by atoms with van der Waals surface area (Å²) in [5, 5.41) is 25.2. The lowest BCUT2D eigenvalue weighted by molar-refractivity contribution is -0.142. The zero-order valence-corrected chi connectivity index (χ0v) is 19.6. The lowest BCUT2D eigenvalue weighted by atomic mass is 10.0. The van der Waals surface area contributed by atoms with Crippen molar-refractivity contribution in [3.8, 4) is 0 Å². The molecule has 0 aromatic heterocycles. The van der Waals surface area contributed by atoms with E-state index in [1.807, 2.05) is 0 Å². The minimum Gasteiger partial charge on any atom is -0.481 e. The summed E-state index contributed by atoms with van der Waals surface area (Å²) >= 11 is 3.89. The molecule has 0 aliphatic heterocycles. The van der Waals surface area contributed by atoms with Crippen molar-refractivity contribution in [1.29, 1.82) is 0 Å². The minimum atomic E-state index is -1.61. The van der Waals surface area contributed by atoms with Crippen LogP contribution in [-0.4, -0.2) is 75.7 Å². The van der Waals surface area contributed by atoms with Gasteiger partial charge in [0.1, 0.15) is 18.1 Å². The number of hydrogen-bond acceptors (Lipinski definition) is 8. The van der Waals surface area contributed by atoms with E-state index in [0.29, 0.717) is 5.56 Å². The monoisotopic (exact) mass is 511 g/mol. The van der Waals surface area contributed by atoms with Crippen molar-refractivity contribution >= 4 is 48.2 Å². The molecule has 0 aliphatic rings. The van der Waals surface area contributed by atoms with Gasteiger partial charge < -0.3 is 37.6 Å². The van der Waals surface area contributed by atoms with Crippen LogP contribution in [0.1, 0.15) is 24.8 Å². The van der Waals surface area contributed by atoms with Crippen LogP contribution in [0.15, 0.2) is 30.3 Å². The molecule has 0 heterocycles. The van der Waals surface area contributed by atoms with Gasteiger partial charge in [-0.05, 0) is 12.0 Å². The van der Waals surface area contributed by atoms with Gasteiger partial charge in [-0.25, -0.2) is 4.79 Å². The molecular formula is C21H29N5O8S. The molecule has 14 heteroatoms. The van der Waals surface area contributed by atoms with Gasteiger partial charge in [-0.2, -0.15) is 12.6 Å². The van der Waals surface area contributed by atoms with E-state index in [2.05, 4.69) is 28.6 Å². The number of carbonyl (C=O) groups excluding carboxylic acids is 4. The Labute approximate surface area is 206 Å². The molecule has 4 unspecified atom stereocenters. The molecule has 1 aromatic rings. The van der Waals surface area contributed by atoms with Gasteiger partial charge in [0.05, 0.1) is 12.5 Å². The maximum atomic E-state index is 12.9. The van der Waals surface area contributed by atoms with E-state index in [1.54, 1.807) is 30.3 Å². The average Bonchev–Trinajstić information content (AvgIpc) is 2.79. The number of benzene rings is 1. The summed E-state index contributed by atoms with van der Waals surface area (Å²) in [6.07, 6.45) is -1.20. The summed E-state index contributed by atoms with van der Waals surface area (Å²) in [5.41, 5.74) is 11.3. The molecule has 0 radical (unpaired) electrons. The van der Waals surface area contributed by atoms with Crippen molar-refractivity contribution in [3.05, 3.63) is 35.9 Å². The largest absolute Gasteiger partial charge is 0.481 e. The molecule has 13 nitrogen and oxygen atoms in total. The quantitative estimate of drug-likeness (QED) is 0.119. The molecule has 1 rings (SSSR count). The summed E-state index contributed by atoms with van der Waals surface area (Å²) in [6, 6.07) is 3.00. The molecule has 9 N–H and O–H groups in total. The third kappa shape index (κ3) is 10.9. The standard InChI is InChI=1S/C21H29N5O8S/c22-12(6-7-16(23)27)18(30)24-14(9-17(28)29)20(32)25-13(8-11-4-2-1-3-5-11)19(31)26-15(10-35)21(33)34/h1-5,12-15,35H,6-10,22H2,(H2,23,27)(H,24,30)(H,25,32)(H,26,31)(H,28,29)(H,33,34). The summed E-state index contributed by atoms with van der Waals surface area (Å²) in [6.45, 7) is 0. The van der Waals surface area contributed by atoms with E-state index in [1.165, 1.54) is 0 Å². The van der Waals surface area contributed by atoms with Crippen LogP contribution >= 0.6 is 12.6 Å². The Morgan fingerprint density at radius 2 is 1.40 bits per heavy atom. The number of nitrogens with two attached hydrogens (primary N) is 2. The number of primary amides is 1. The highest BCUT2D eigenvalue weighted by Crippen LogP contribution is 2.06. The maximum Gasteiger partial charge on any atom is 0.327 e. The number of nitrogens with one attached hydrogen (secondary N) is 3. The lowest BCUT2D eigenvalue weighted by Gasteiger charge is -2.24. The van der Waals surface area contributed by atoms with Crippen molar-refractivity contribution in [1.82, 2.24) is 16.0 Å². The van der Waals surface area contributed by atoms with Gasteiger partial charge in [-0.1, -0.05) is 30.3 Å². The van der Waals surface area contributed by atoms with Gasteiger partial charge in [-0.3, -0.25) is 24.0 Å². The van der Waals surface area contributed by atoms with E-state index in [-0.39, 0.29) is 25.0 Å². The van der Waals surface area contributed by atoms with E-state index in [0.717, 1.165) is 0 Å². The Morgan fingerprint density at radius 3 is 1.91 bits per heavy atom. The number of rotatable bonds is 15. The number of aliphatic carboxylic acids is 2. The molecule has 1 aromatic carbocycles. The Kier molecular flexibility index (Phi) is 12.2. The molecule has 4 atom stereocenters. The number of hydrogen-bond donors (Lipinski definition) is 8. The van der Waals surface area contributed by atoms with Crippen molar-refractivity contribution in [2.75, 3.05) is 5.75 Å². The maximum absolute atomic E-state index is 12.9. The zero-order valence-electron chi connectivity index (χ0n) is 18.7. The van der Waals surface area contributed by atoms with Crippen molar-refractivity contribution in [2.45, 2.75) is 49.9 Å². The van der Waals surface area contributed by atoms with Gasteiger partial charge in [0.15, 0.2) is 0 Å². The number of thiol groups is 1. The van der Waals surface area contributed by atoms with E-state index in [9.17, 15) is 39.0 Å². The predicted molar refractivity (Wildman–Crippen MR) is 126 cm³/mol. The first-order valence-corrected chi connectivity index (χ1v) is 11.1. The molecular weight excluding hydrogens is 482 g/mol. The molecule has 4 amide bonds. The minimum absolute atomic E-state index is 0.0524. The third-order valence-electron chi connectivity index (χ3n) is 4.76. The van der Waals surface area contributed by atoms with Gasteiger partial charge >= 0.3 is 11.9 Å². The smallest absolute Gasteiger partial charge is 0.327 e. The number of amides is 4. The molecule has 0 saturated carbocycles. The molecule has 0 bridgehead atoms. The average molecular weight is 512 g/mol. The fraction of sp³-hybridized carbons (Fsp3) is 0.429. The molecule has 0 aliphatic carbocycles. The van der Waals surface area contributed by atoms with E-state index in [4.69, 9.17) is 11.5 Å². The number of carboxylic acid groups (broad SMARTS) is 2. The Hall–Kier alpha value is -3.65. The highest BCUT2D eigenvalue weighted by molar-refractivity contribution is 7.80. The molecule has 192 valence electrons. The number of carbonyl (C=O) groups is 6. The lowest BCUT2D eigenvalue weighted by Crippen LogP contribution is -2.58. The first-order chi connectivity index (χ1) is 16.4. The summed E-state index contributed by atoms with van der Waals surface area (Å²) in [5.74, 6) is -6.39. The van der Waals surface area contributed by atoms with Gasteiger partial charge in [-0.15, -0.1) is 0 Å². The zero-order chi connectivity index (χ0) is 26.5. The second-order valence-electron chi connectivity index (χ2n) is 7.60. The van der Waals surface area contributed by atoms with Crippen molar-refractivity contribution in [3.63, 3.8) is 0 Å². The second-order valence-corrected chi connectivity index (χ2v) is 7.97. The predicted octanol–water partition coefficient (Wildman–Crippen LogP) is -2.23. The summed E-state index contributed by atoms with van der Waals surface area (Å²) in [7, 11) is 0. The van der Waals surface area contributed by atoms with E-state index < -0.39 is 66.2 Å². The SMILES string of the molecule is NC(=O)CCC(N)C(=O)NC(CC(=O)O)C(=O)NC(Cc1ccccc1)C(=O)NC(CS)C(=O)O. The third-order valence-corrected chi connectivity index (χ3v) is 5.13. The van der Waals surface area contributed by atoms with Gasteiger partial charge in [0.2, 0.25) is 23.6 Å². The van der Waals surface area contributed by atoms with Crippen LogP contribution in [0.25, 0.3) is 0 Å². The summed E-state index contributed by atoms with van der Waals surface area (Å²) < 4.78 is 0. The molecule has 0 saturated heterocycles. The summed E-state index contributed by atoms with van der Waals surface area (Å²) in [4.78, 5) is 71.4. The molecule has 0 spiro atoms. The highest BCUT2D eigenvalue weighted by Gasteiger charge is 2.31. The van der Waals surface area contributed by atoms with E-state index >= 15 is 0 Å². The Morgan fingerprint density at radius 1 is 0.857 bits per heavy atom. The first-order valence-electron chi connectivity index (χ1n) is 10.5. The second kappa shape index (κ2) is 14.6. The fourth-order valence-electron chi connectivity index (χ4n) is 2.88. The van der Waals surface area contributed by atoms with Crippen LogP contribution in [0.4, 0.5) is 0 Å². The van der Waals surface area contributed by atoms with Crippen LogP contribution in [0.3, 0.4) is 0 Å². The van der Waals surface area contributed by atoms with Crippen LogP contribution in [0.5, 0.6) is 0 Å². The Bertz CT molecular complexity index is 930. The van der Waals surface area contributed by atoms with Crippen LogP contribution < -0.4 is 27.4 Å². The Balaban J connectivity index is 3.06. The van der Waals surface area contributed by atoms with Crippen molar-refractivity contribution in [2.24, 2.45) is 11.5 Å². The van der Waals surface area contributed by atoms with Crippen LogP contribution in [0.2, 0.25) is 0 Å². The first kappa shape index (κ1) is 29.4.